The van der Waals surface area contributed by atoms with Gasteiger partial charge in [0.1, 0.15) is 24.2 Å². The Morgan fingerprint density at radius 1 is 1.00 bits per heavy atom. The van der Waals surface area contributed by atoms with Crippen LogP contribution in [0, 0.1) is 0 Å². The Kier molecular flexibility index (Phi) is 9.84. The van der Waals surface area contributed by atoms with E-state index in [1.54, 1.807) is 25.2 Å². The third kappa shape index (κ3) is 7.37. The Bertz CT molecular complexity index is 2420. The van der Waals surface area contributed by atoms with E-state index in [9.17, 15) is 18.8 Å². The minimum atomic E-state index is -1.52. The number of hydrogen-bond acceptors (Lipinski definition) is 10. The molecule has 3 aliphatic heterocycles. The molecular weight excluding hydrogens is 770 g/mol. The molecule has 2 saturated heterocycles. The van der Waals surface area contributed by atoms with Crippen LogP contribution >= 0.6 is 11.6 Å². The molecule has 58 heavy (non-hydrogen) atoms. The third-order valence-electron chi connectivity index (χ3n) is 11.3. The first-order chi connectivity index (χ1) is 28.1. The lowest BCUT2D eigenvalue weighted by molar-refractivity contribution is -0.120. The van der Waals surface area contributed by atoms with Crippen LogP contribution in [-0.2, 0) is 17.8 Å². The number of aromatic nitrogens is 4. The molecule has 0 unspecified atom stereocenters. The molecular formula is C41H41ClF2N10O4. The molecule has 6 heterocycles. The summed E-state index contributed by atoms with van der Waals surface area (Å²) in [5.41, 5.74) is 5.37. The SMILES string of the molecule is CNc1cc(N2CCc3c(-c4ccc(CN5CCC(F)(COc6ccc(Cl)c(N7CCC(=O)NC7=O)c6)CC5)cn4)cccc32)nn2c(C(=O)N[C@@H]3C[C@@H]3F)cnc12. The summed E-state index contributed by atoms with van der Waals surface area (Å²) in [4.78, 5) is 51.9. The number of imide groups is 1. The first kappa shape index (κ1) is 37.7. The average molecular weight is 811 g/mol. The summed E-state index contributed by atoms with van der Waals surface area (Å²) in [5.74, 6) is 0.280. The van der Waals surface area contributed by atoms with Gasteiger partial charge in [-0.15, -0.1) is 5.10 Å². The van der Waals surface area contributed by atoms with Gasteiger partial charge in [-0.2, -0.15) is 0 Å². The zero-order valence-corrected chi connectivity index (χ0v) is 32.4. The van der Waals surface area contributed by atoms with E-state index in [0.717, 1.165) is 34.5 Å². The monoisotopic (exact) mass is 810 g/mol. The van der Waals surface area contributed by atoms with E-state index in [4.69, 9.17) is 26.4 Å². The van der Waals surface area contributed by atoms with Crippen LogP contribution in [0.5, 0.6) is 5.75 Å². The Labute approximate surface area is 337 Å². The first-order valence-electron chi connectivity index (χ1n) is 19.4. The Hall–Kier alpha value is -5.87. The normalized spacial score (nSPS) is 20.2. The molecule has 4 aliphatic rings. The van der Waals surface area contributed by atoms with Crippen molar-refractivity contribution in [2.24, 2.45) is 0 Å². The molecule has 0 spiro atoms. The lowest BCUT2D eigenvalue weighted by atomic mass is 9.94. The lowest BCUT2D eigenvalue weighted by Gasteiger charge is -2.36. The largest absolute Gasteiger partial charge is 0.490 e. The van der Waals surface area contributed by atoms with E-state index < -0.39 is 29.8 Å². The fourth-order valence-electron chi connectivity index (χ4n) is 7.88. The van der Waals surface area contributed by atoms with Gasteiger partial charge in [-0.1, -0.05) is 29.8 Å². The number of carbonyl (C=O) groups excluding carboxylic acids is 3. The van der Waals surface area contributed by atoms with Gasteiger partial charge in [-0.3, -0.25) is 29.7 Å². The molecule has 9 rings (SSSR count). The van der Waals surface area contributed by atoms with E-state index in [1.165, 1.54) is 15.6 Å². The van der Waals surface area contributed by atoms with Crippen molar-refractivity contribution in [1.29, 1.82) is 0 Å². The van der Waals surface area contributed by atoms with Crippen molar-refractivity contribution in [1.82, 2.24) is 35.1 Å². The van der Waals surface area contributed by atoms with Crippen LogP contribution < -0.4 is 30.5 Å². The second-order valence-electron chi connectivity index (χ2n) is 15.2. The Morgan fingerprint density at radius 2 is 1.81 bits per heavy atom. The number of nitrogens with zero attached hydrogens (tertiary/aromatic N) is 7. The average Bonchev–Trinajstić information content (AvgIpc) is 3.55. The third-order valence-corrected chi connectivity index (χ3v) is 11.6. The molecule has 14 nitrogen and oxygen atoms in total. The molecule has 0 radical (unpaired) electrons. The molecule has 0 bridgehead atoms. The topological polar surface area (TPSA) is 149 Å². The summed E-state index contributed by atoms with van der Waals surface area (Å²) < 4.78 is 36.9. The number of urea groups is 1. The van der Waals surface area contributed by atoms with E-state index >= 15 is 4.39 Å². The number of ether oxygens (including phenoxy) is 1. The van der Waals surface area contributed by atoms with Crippen LogP contribution in [0.1, 0.15) is 47.3 Å². The molecule has 5 aromatic rings. The summed E-state index contributed by atoms with van der Waals surface area (Å²) in [5, 5.41) is 13.3. The minimum Gasteiger partial charge on any atom is -0.490 e. The highest BCUT2D eigenvalue weighted by Gasteiger charge is 2.40. The molecule has 4 amide bonds. The lowest BCUT2D eigenvalue weighted by Crippen LogP contribution is -2.49. The van der Waals surface area contributed by atoms with Crippen molar-refractivity contribution in [3.8, 4) is 17.0 Å². The van der Waals surface area contributed by atoms with Crippen molar-refractivity contribution >= 4 is 58.0 Å². The highest BCUT2D eigenvalue weighted by atomic mass is 35.5. The summed E-state index contributed by atoms with van der Waals surface area (Å²) in [7, 11) is 1.79. The number of rotatable bonds is 11. The van der Waals surface area contributed by atoms with Gasteiger partial charge >= 0.3 is 6.03 Å². The van der Waals surface area contributed by atoms with Crippen LogP contribution in [0.15, 0.2) is 67.0 Å². The zero-order chi connectivity index (χ0) is 40.1. The highest BCUT2D eigenvalue weighted by molar-refractivity contribution is 6.34. The van der Waals surface area contributed by atoms with Crippen molar-refractivity contribution in [2.75, 3.05) is 55.0 Å². The zero-order valence-electron chi connectivity index (χ0n) is 31.7. The molecule has 3 N–H and O–H groups in total. The maximum absolute atomic E-state index is 15.9. The van der Waals surface area contributed by atoms with E-state index in [2.05, 4.69) is 48.9 Å². The molecule has 3 aromatic heterocycles. The van der Waals surface area contributed by atoms with Gasteiger partial charge in [-0.25, -0.2) is 23.1 Å². The smallest absolute Gasteiger partial charge is 0.328 e. The predicted octanol–water partition coefficient (Wildman–Crippen LogP) is 5.85. The summed E-state index contributed by atoms with van der Waals surface area (Å²) >= 11 is 6.35. The van der Waals surface area contributed by atoms with Gasteiger partial charge in [-0.05, 0) is 54.7 Å². The van der Waals surface area contributed by atoms with Gasteiger partial charge in [0.15, 0.2) is 17.2 Å². The first-order valence-corrected chi connectivity index (χ1v) is 19.7. The number of hydrogen-bond donors (Lipinski definition) is 3. The van der Waals surface area contributed by atoms with Crippen LogP contribution in [-0.4, -0.2) is 100 Å². The molecule has 1 aliphatic carbocycles. The maximum Gasteiger partial charge on any atom is 0.328 e. The number of halogens is 3. The molecule has 3 fully saturated rings. The Balaban J connectivity index is 0.832. The van der Waals surface area contributed by atoms with Crippen molar-refractivity contribution in [3.05, 3.63) is 88.8 Å². The van der Waals surface area contributed by atoms with Crippen LogP contribution in [0.25, 0.3) is 16.9 Å². The quantitative estimate of drug-likeness (QED) is 0.148. The number of alkyl halides is 2. The van der Waals surface area contributed by atoms with E-state index in [1.807, 2.05) is 24.4 Å². The van der Waals surface area contributed by atoms with Crippen molar-refractivity contribution in [3.63, 3.8) is 0 Å². The second kappa shape index (κ2) is 15.1. The molecule has 300 valence electrons. The molecule has 17 heteroatoms. The predicted molar refractivity (Wildman–Crippen MR) is 214 cm³/mol. The van der Waals surface area contributed by atoms with E-state index in [-0.39, 0.29) is 31.2 Å². The number of likely N-dealkylation sites (tertiary alicyclic amines) is 1. The maximum atomic E-state index is 15.9. The van der Waals surface area contributed by atoms with Crippen LogP contribution in [0.4, 0.5) is 36.5 Å². The number of nitrogens with one attached hydrogen (secondary N) is 3. The number of fused-ring (bicyclic) bond motifs is 2. The molecule has 2 atom stereocenters. The number of anilines is 4. The highest BCUT2D eigenvalue weighted by Crippen LogP contribution is 2.40. The summed E-state index contributed by atoms with van der Waals surface area (Å²) in [6.45, 7) is 2.47. The summed E-state index contributed by atoms with van der Waals surface area (Å²) in [6.07, 6.45) is 4.16. The molecule has 2 aromatic carbocycles. The minimum absolute atomic E-state index is 0.132. The van der Waals surface area contributed by atoms with Gasteiger partial charge in [0.25, 0.3) is 5.91 Å². The molecule has 1 saturated carbocycles. The standard InChI is InChI=1S/C41H41ClF2N10O4/c1-45-32-19-36(50-54-35(21-47-38(32)54)39(56)48-31-18-29(31)43)52-13-9-27-26(3-2-4-33(27)52)30-8-5-24(20-46-30)22-51-15-11-41(44,12-16-51)23-58-25-6-7-28(42)34(17-25)53-14-10-37(55)49-40(53)57/h2-8,17,19-21,29,31,45H,9-16,18,22-23H2,1H3,(H,48,56)(H,49,55,57)/t29-,31+/m0/s1. The fourth-order valence-corrected chi connectivity index (χ4v) is 8.10. The number of benzene rings is 2. The van der Waals surface area contributed by atoms with Crippen LogP contribution in [0.3, 0.4) is 0 Å². The number of carbonyl (C=O) groups is 3. The number of amides is 4. The number of imidazole rings is 1. The van der Waals surface area contributed by atoms with Gasteiger partial charge in [0.05, 0.1) is 34.3 Å². The van der Waals surface area contributed by atoms with Gasteiger partial charge < -0.3 is 20.3 Å². The van der Waals surface area contributed by atoms with Crippen molar-refractivity contribution < 1.29 is 27.9 Å². The fraction of sp³-hybridized carbons (Fsp3) is 0.366. The van der Waals surface area contributed by atoms with Gasteiger partial charge in [0, 0.05) is 82.2 Å². The second-order valence-corrected chi connectivity index (χ2v) is 15.6. The Morgan fingerprint density at radius 3 is 2.55 bits per heavy atom. The van der Waals surface area contributed by atoms with E-state index in [0.29, 0.717) is 79.1 Å². The summed E-state index contributed by atoms with van der Waals surface area (Å²) in [6, 6.07) is 16.0. The number of piperidine rings is 1. The van der Waals surface area contributed by atoms with Crippen LogP contribution in [0.2, 0.25) is 5.02 Å². The van der Waals surface area contributed by atoms with Crippen molar-refractivity contribution in [2.45, 2.75) is 56.5 Å². The number of pyridine rings is 1. The van der Waals surface area contributed by atoms with Gasteiger partial charge in [0.2, 0.25) is 5.91 Å².